The van der Waals surface area contributed by atoms with Gasteiger partial charge in [-0.15, -0.1) is 0 Å². The van der Waals surface area contributed by atoms with Crippen LogP contribution in [-0.2, 0) is 20.5 Å². The maximum atomic E-state index is 13.4. The van der Waals surface area contributed by atoms with Gasteiger partial charge >= 0.3 is 10.1 Å². The van der Waals surface area contributed by atoms with Gasteiger partial charge in [0, 0.05) is 13.1 Å². The van der Waals surface area contributed by atoms with Crippen molar-refractivity contribution >= 4 is 22.0 Å². The van der Waals surface area contributed by atoms with Crippen molar-refractivity contribution in [3.8, 4) is 22.6 Å². The van der Waals surface area contributed by atoms with E-state index >= 15 is 0 Å². The number of aliphatic imine (C=N–C) groups is 1. The minimum Gasteiger partial charge on any atom is -0.497 e. The first-order chi connectivity index (χ1) is 15.6. The number of carbonyl (C=O) groups is 1. The van der Waals surface area contributed by atoms with Gasteiger partial charge in [-0.05, 0) is 40.5 Å². The van der Waals surface area contributed by atoms with Gasteiger partial charge in [0.25, 0.3) is 5.91 Å². The third-order valence-corrected chi connectivity index (χ3v) is 5.90. The first kappa shape index (κ1) is 22.3. The summed E-state index contributed by atoms with van der Waals surface area (Å²) in [5.74, 6) is 0.400. The summed E-state index contributed by atoms with van der Waals surface area (Å²) in [7, 11) is -0.654. The molecule has 1 atom stereocenters. The molecule has 0 saturated heterocycles. The molecule has 0 bridgehead atoms. The number of hydrogen-bond donors (Lipinski definition) is 1. The zero-order chi connectivity index (χ0) is 23.8. The highest BCUT2D eigenvalue weighted by atomic mass is 32.2. The van der Waals surface area contributed by atoms with E-state index in [1.54, 1.807) is 19.2 Å². The second kappa shape index (κ2) is 8.25. The second-order valence-electron chi connectivity index (χ2n) is 7.68. The Bertz CT molecular complexity index is 1360. The fourth-order valence-corrected chi connectivity index (χ4v) is 4.31. The van der Waals surface area contributed by atoms with Gasteiger partial charge in [-0.1, -0.05) is 48.5 Å². The van der Waals surface area contributed by atoms with Crippen LogP contribution in [0, 0.1) is 0 Å². The molecule has 0 aromatic heterocycles. The van der Waals surface area contributed by atoms with E-state index in [-0.39, 0.29) is 17.6 Å². The van der Waals surface area contributed by atoms with Crippen molar-refractivity contribution in [3.05, 3.63) is 83.9 Å². The fraction of sp³-hybridized carbons (Fsp3) is 0.167. The van der Waals surface area contributed by atoms with Crippen LogP contribution in [0.5, 0.6) is 11.5 Å². The lowest BCUT2D eigenvalue weighted by Gasteiger charge is -2.26. The van der Waals surface area contributed by atoms with E-state index in [0.29, 0.717) is 22.4 Å². The molecule has 1 aliphatic rings. The molecule has 4 rings (SSSR count). The summed E-state index contributed by atoms with van der Waals surface area (Å²) in [6.07, 6.45) is 0.973. The average molecular weight is 466 g/mol. The summed E-state index contributed by atoms with van der Waals surface area (Å²) in [6.45, 7) is 0. The number of amides is 1. The van der Waals surface area contributed by atoms with Gasteiger partial charge in [0.1, 0.15) is 11.5 Å². The molecule has 1 aliphatic heterocycles. The quantitative estimate of drug-likeness (QED) is 0.561. The van der Waals surface area contributed by atoms with Gasteiger partial charge in [-0.3, -0.25) is 9.69 Å². The number of guanidine groups is 1. The lowest BCUT2D eigenvalue weighted by molar-refractivity contribution is -0.129. The summed E-state index contributed by atoms with van der Waals surface area (Å²) in [5.41, 5.74) is 7.39. The Kier molecular flexibility index (Phi) is 5.59. The lowest BCUT2D eigenvalue weighted by Crippen LogP contribution is -2.41. The minimum absolute atomic E-state index is 0.119. The highest BCUT2D eigenvalue weighted by Gasteiger charge is 2.49. The van der Waals surface area contributed by atoms with Crippen LogP contribution in [0.3, 0.4) is 0 Å². The fourth-order valence-electron chi connectivity index (χ4n) is 3.87. The van der Waals surface area contributed by atoms with Crippen molar-refractivity contribution in [2.45, 2.75) is 5.54 Å². The van der Waals surface area contributed by atoms with Gasteiger partial charge in [-0.2, -0.15) is 8.42 Å². The summed E-state index contributed by atoms with van der Waals surface area (Å²) >= 11 is 0. The lowest BCUT2D eigenvalue weighted by atomic mass is 9.82. The van der Waals surface area contributed by atoms with E-state index < -0.39 is 15.7 Å². The van der Waals surface area contributed by atoms with Crippen molar-refractivity contribution in [2.75, 3.05) is 20.4 Å². The molecular weight excluding hydrogens is 442 g/mol. The standard InChI is InChI=1S/C24H23N3O5S/c1-27-22(28)24(26-23(27)25,18-9-5-4-6-10-18)19-11-7-8-16(12-19)17-13-20(31-2)15-21(14-17)32-33(3,29)30/h4-15H,1-3H3,(H2,25,26)/t24-/m1/s1. The van der Waals surface area contributed by atoms with Crippen LogP contribution >= 0.6 is 0 Å². The monoisotopic (exact) mass is 465 g/mol. The van der Waals surface area contributed by atoms with Crippen LogP contribution in [-0.4, -0.2) is 45.6 Å². The predicted octanol–water partition coefficient (Wildman–Crippen LogP) is 2.73. The molecule has 0 unspecified atom stereocenters. The smallest absolute Gasteiger partial charge is 0.306 e. The molecule has 1 heterocycles. The average Bonchev–Trinajstić information content (AvgIpc) is 3.03. The molecule has 1 amide bonds. The molecule has 0 aliphatic carbocycles. The third kappa shape index (κ3) is 4.14. The van der Waals surface area contributed by atoms with Crippen LogP contribution < -0.4 is 14.7 Å². The van der Waals surface area contributed by atoms with Gasteiger partial charge in [-0.25, -0.2) is 4.99 Å². The highest BCUT2D eigenvalue weighted by molar-refractivity contribution is 7.86. The normalized spacial score (nSPS) is 18.2. The van der Waals surface area contributed by atoms with Gasteiger partial charge in [0.05, 0.1) is 13.4 Å². The molecule has 3 aromatic carbocycles. The molecule has 9 heteroatoms. The topological polar surface area (TPSA) is 111 Å². The number of rotatable bonds is 6. The Morgan fingerprint density at radius 3 is 2.18 bits per heavy atom. The van der Waals surface area contributed by atoms with Gasteiger partial charge < -0.3 is 14.7 Å². The molecule has 33 heavy (non-hydrogen) atoms. The SMILES string of the molecule is COc1cc(OS(C)(=O)=O)cc(-c2cccc([C@@]3(c4ccccc4)N=C(N)N(C)C3=O)c2)c1. The first-order valence-corrected chi connectivity index (χ1v) is 11.8. The molecule has 170 valence electrons. The molecular formula is C24H23N3O5S. The molecule has 0 spiro atoms. The Labute approximate surface area is 192 Å². The van der Waals surface area contributed by atoms with Crippen molar-refractivity contribution in [2.24, 2.45) is 10.7 Å². The minimum atomic E-state index is -3.73. The van der Waals surface area contributed by atoms with E-state index in [0.717, 1.165) is 11.8 Å². The van der Waals surface area contributed by atoms with Crippen molar-refractivity contribution < 1.29 is 22.1 Å². The van der Waals surface area contributed by atoms with Crippen LogP contribution in [0.1, 0.15) is 11.1 Å². The Balaban J connectivity index is 1.89. The molecule has 3 aromatic rings. The maximum absolute atomic E-state index is 13.4. The van der Waals surface area contributed by atoms with E-state index in [4.69, 9.17) is 14.7 Å². The zero-order valence-corrected chi connectivity index (χ0v) is 19.2. The van der Waals surface area contributed by atoms with Gasteiger partial charge in [0.15, 0.2) is 11.5 Å². The number of methoxy groups -OCH3 is 1. The van der Waals surface area contributed by atoms with E-state index in [2.05, 4.69) is 4.99 Å². The number of hydrogen-bond acceptors (Lipinski definition) is 7. The van der Waals surface area contributed by atoms with E-state index in [1.807, 2.05) is 54.6 Å². The number of carbonyl (C=O) groups excluding carboxylic acids is 1. The van der Waals surface area contributed by atoms with E-state index in [1.165, 1.54) is 18.1 Å². The Morgan fingerprint density at radius 1 is 0.909 bits per heavy atom. The highest BCUT2D eigenvalue weighted by Crippen LogP contribution is 2.41. The van der Waals surface area contributed by atoms with Crippen LogP contribution in [0.4, 0.5) is 0 Å². The first-order valence-electron chi connectivity index (χ1n) is 10.0. The molecule has 2 N–H and O–H groups in total. The molecule has 0 saturated carbocycles. The molecule has 0 fully saturated rings. The molecule has 8 nitrogen and oxygen atoms in total. The van der Waals surface area contributed by atoms with Gasteiger partial charge in [0.2, 0.25) is 0 Å². The number of nitrogens with zero attached hydrogens (tertiary/aromatic N) is 2. The zero-order valence-electron chi connectivity index (χ0n) is 18.3. The van der Waals surface area contributed by atoms with Crippen molar-refractivity contribution in [3.63, 3.8) is 0 Å². The summed E-state index contributed by atoms with van der Waals surface area (Å²) in [4.78, 5) is 19.4. The second-order valence-corrected chi connectivity index (χ2v) is 9.25. The Morgan fingerprint density at radius 2 is 1.58 bits per heavy atom. The number of nitrogens with two attached hydrogens (primary N) is 1. The maximum Gasteiger partial charge on any atom is 0.306 e. The van der Waals surface area contributed by atoms with Crippen LogP contribution in [0.15, 0.2) is 77.8 Å². The summed E-state index contributed by atoms with van der Waals surface area (Å²) in [5, 5.41) is 0. The van der Waals surface area contributed by atoms with Crippen LogP contribution in [0.25, 0.3) is 11.1 Å². The van der Waals surface area contributed by atoms with Crippen molar-refractivity contribution in [1.82, 2.24) is 4.90 Å². The van der Waals surface area contributed by atoms with Crippen molar-refractivity contribution in [1.29, 1.82) is 0 Å². The largest absolute Gasteiger partial charge is 0.497 e. The third-order valence-electron chi connectivity index (χ3n) is 5.41. The summed E-state index contributed by atoms with van der Waals surface area (Å²) in [6, 6.07) is 21.4. The summed E-state index contributed by atoms with van der Waals surface area (Å²) < 4.78 is 33.7. The number of ether oxygens (including phenoxy) is 1. The number of benzene rings is 3. The molecule has 0 radical (unpaired) electrons. The van der Waals surface area contributed by atoms with E-state index in [9.17, 15) is 13.2 Å². The number of likely N-dealkylation sites (N-methyl/N-ethyl adjacent to an activating group) is 1. The van der Waals surface area contributed by atoms with Crippen LogP contribution in [0.2, 0.25) is 0 Å². The Hall–Kier alpha value is -3.85. The predicted molar refractivity (Wildman–Crippen MR) is 126 cm³/mol.